The van der Waals surface area contributed by atoms with Crippen molar-refractivity contribution in [2.24, 2.45) is 11.1 Å². The fraction of sp³-hybridized carbons (Fsp3) is 0.500. The van der Waals surface area contributed by atoms with Crippen molar-refractivity contribution in [2.75, 3.05) is 26.2 Å². The molecule has 0 unspecified atom stereocenters. The zero-order valence-corrected chi connectivity index (χ0v) is 14.4. The van der Waals surface area contributed by atoms with Gasteiger partial charge in [0.05, 0.1) is 11.7 Å². The normalized spacial score (nSPS) is 18.4. The number of rotatable bonds is 7. The SMILES string of the molecule is CC1(C(=O)O)CCN(Sc2ccc(OC/C(=C\F)CN)nc2)CC1. The third-order valence-corrected chi connectivity index (χ3v) is 5.18. The molecule has 0 radical (unpaired) electrons. The van der Waals surface area contributed by atoms with Gasteiger partial charge in [0.15, 0.2) is 0 Å². The minimum atomic E-state index is -0.727. The molecule has 0 saturated carbocycles. The molecule has 1 aromatic heterocycles. The fourth-order valence-corrected chi connectivity index (χ4v) is 3.13. The van der Waals surface area contributed by atoms with Crippen LogP contribution < -0.4 is 10.5 Å². The van der Waals surface area contributed by atoms with E-state index < -0.39 is 11.4 Å². The van der Waals surface area contributed by atoms with Crippen molar-refractivity contribution in [1.29, 1.82) is 0 Å². The Labute approximate surface area is 145 Å². The number of halogens is 1. The summed E-state index contributed by atoms with van der Waals surface area (Å²) in [7, 11) is 0. The van der Waals surface area contributed by atoms with E-state index in [1.165, 1.54) is 0 Å². The predicted octanol–water partition coefficient (Wildman–Crippen LogP) is 2.47. The maximum Gasteiger partial charge on any atom is 0.309 e. The summed E-state index contributed by atoms with van der Waals surface area (Å²) in [6.07, 6.45) is 3.39. The van der Waals surface area contributed by atoms with Crippen LogP contribution in [-0.4, -0.2) is 46.6 Å². The highest BCUT2D eigenvalue weighted by molar-refractivity contribution is 7.97. The molecule has 0 amide bonds. The lowest BCUT2D eigenvalue weighted by molar-refractivity contribution is -0.150. The van der Waals surface area contributed by atoms with Crippen molar-refractivity contribution in [3.05, 3.63) is 30.2 Å². The van der Waals surface area contributed by atoms with Gasteiger partial charge in [0.2, 0.25) is 5.88 Å². The molecule has 6 nitrogen and oxygen atoms in total. The van der Waals surface area contributed by atoms with Crippen molar-refractivity contribution in [2.45, 2.75) is 24.7 Å². The number of nitrogens with zero attached hydrogens (tertiary/aromatic N) is 2. The second-order valence-electron chi connectivity index (χ2n) is 5.98. The summed E-state index contributed by atoms with van der Waals surface area (Å²) >= 11 is 1.55. The van der Waals surface area contributed by atoms with Crippen molar-refractivity contribution >= 4 is 17.9 Å². The number of hydrogen-bond acceptors (Lipinski definition) is 6. The van der Waals surface area contributed by atoms with Crippen molar-refractivity contribution < 1.29 is 19.0 Å². The molecule has 132 valence electrons. The molecule has 1 fully saturated rings. The van der Waals surface area contributed by atoms with Crippen LogP contribution in [0.1, 0.15) is 19.8 Å². The van der Waals surface area contributed by atoms with Gasteiger partial charge in [-0.3, -0.25) is 4.79 Å². The standard InChI is InChI=1S/C16H22FN3O3S/c1-16(15(21)22)4-6-20(7-5-16)24-13-2-3-14(19-10-13)23-11-12(8-17)9-18/h2-3,8,10H,4-7,9,11,18H2,1H3,(H,21,22)/b12-8-. The van der Waals surface area contributed by atoms with Gasteiger partial charge in [-0.1, -0.05) is 0 Å². The summed E-state index contributed by atoms with van der Waals surface area (Å²) in [5, 5.41) is 9.24. The molecule has 0 atom stereocenters. The lowest BCUT2D eigenvalue weighted by Gasteiger charge is -2.35. The summed E-state index contributed by atoms with van der Waals surface area (Å²) in [6, 6.07) is 3.60. The molecular weight excluding hydrogens is 333 g/mol. The first kappa shape index (κ1) is 18.7. The zero-order chi connectivity index (χ0) is 17.6. The summed E-state index contributed by atoms with van der Waals surface area (Å²) in [5.41, 5.74) is 5.10. The molecule has 2 rings (SSSR count). The Hall–Kier alpha value is -1.64. The predicted molar refractivity (Wildman–Crippen MR) is 90.4 cm³/mol. The van der Waals surface area contributed by atoms with Crippen LogP contribution in [0.2, 0.25) is 0 Å². The maximum absolute atomic E-state index is 12.4. The van der Waals surface area contributed by atoms with Crippen LogP contribution in [0.4, 0.5) is 4.39 Å². The first-order valence-electron chi connectivity index (χ1n) is 7.70. The van der Waals surface area contributed by atoms with Crippen LogP contribution in [0.5, 0.6) is 5.88 Å². The molecule has 0 spiro atoms. The molecule has 24 heavy (non-hydrogen) atoms. The maximum atomic E-state index is 12.4. The molecule has 1 saturated heterocycles. The molecule has 8 heteroatoms. The van der Waals surface area contributed by atoms with E-state index >= 15 is 0 Å². The van der Waals surface area contributed by atoms with Crippen molar-refractivity contribution in [1.82, 2.24) is 9.29 Å². The van der Waals surface area contributed by atoms with Gasteiger partial charge in [-0.15, -0.1) is 0 Å². The Balaban J connectivity index is 1.83. The topological polar surface area (TPSA) is 88.7 Å². The summed E-state index contributed by atoms with van der Waals surface area (Å²) in [4.78, 5) is 16.4. The van der Waals surface area contributed by atoms with E-state index in [4.69, 9.17) is 10.5 Å². The van der Waals surface area contributed by atoms with Crippen LogP contribution in [0.3, 0.4) is 0 Å². The molecule has 1 aliphatic heterocycles. The van der Waals surface area contributed by atoms with Gasteiger partial charge in [0, 0.05) is 42.4 Å². The molecule has 1 aliphatic rings. The first-order chi connectivity index (χ1) is 11.5. The van der Waals surface area contributed by atoms with Crippen LogP contribution in [-0.2, 0) is 4.79 Å². The van der Waals surface area contributed by atoms with E-state index in [2.05, 4.69) is 9.29 Å². The molecule has 2 heterocycles. The van der Waals surface area contributed by atoms with Crippen molar-refractivity contribution in [3.8, 4) is 5.88 Å². The van der Waals surface area contributed by atoms with Crippen LogP contribution >= 0.6 is 11.9 Å². The molecule has 0 aliphatic carbocycles. The van der Waals surface area contributed by atoms with E-state index in [1.807, 2.05) is 6.07 Å². The number of aromatic nitrogens is 1. The van der Waals surface area contributed by atoms with E-state index in [9.17, 15) is 14.3 Å². The number of ether oxygens (including phenoxy) is 1. The minimum absolute atomic E-state index is 0.0758. The summed E-state index contributed by atoms with van der Waals surface area (Å²) in [6.45, 7) is 3.41. The van der Waals surface area contributed by atoms with Gasteiger partial charge in [0.1, 0.15) is 6.61 Å². The van der Waals surface area contributed by atoms with Gasteiger partial charge in [-0.2, -0.15) is 0 Å². The zero-order valence-electron chi connectivity index (χ0n) is 13.6. The van der Waals surface area contributed by atoms with Crippen LogP contribution in [0.25, 0.3) is 0 Å². The molecule has 0 bridgehead atoms. The number of nitrogens with two attached hydrogens (primary N) is 1. The number of carboxylic acid groups (broad SMARTS) is 1. The van der Waals surface area contributed by atoms with Crippen LogP contribution in [0, 0.1) is 5.41 Å². The average molecular weight is 355 g/mol. The Kier molecular flexibility index (Phi) is 6.59. The number of piperidine rings is 1. The Morgan fingerprint density at radius 3 is 2.75 bits per heavy atom. The fourth-order valence-electron chi connectivity index (χ4n) is 2.24. The Morgan fingerprint density at radius 2 is 2.25 bits per heavy atom. The number of hydrogen-bond donors (Lipinski definition) is 2. The monoisotopic (exact) mass is 355 g/mol. The van der Waals surface area contributed by atoms with Gasteiger partial charge in [-0.05, 0) is 37.8 Å². The average Bonchev–Trinajstić information content (AvgIpc) is 2.59. The third kappa shape index (κ3) is 4.93. The Morgan fingerprint density at radius 1 is 1.54 bits per heavy atom. The van der Waals surface area contributed by atoms with Gasteiger partial charge < -0.3 is 15.6 Å². The second kappa shape index (κ2) is 8.46. The quantitative estimate of drug-likeness (QED) is 0.726. The van der Waals surface area contributed by atoms with Gasteiger partial charge in [0.25, 0.3) is 0 Å². The minimum Gasteiger partial charge on any atom is -0.481 e. The number of carboxylic acids is 1. The van der Waals surface area contributed by atoms with E-state index in [0.717, 1.165) is 4.90 Å². The number of pyridine rings is 1. The lowest BCUT2D eigenvalue weighted by Crippen LogP contribution is -2.39. The summed E-state index contributed by atoms with van der Waals surface area (Å²) in [5.74, 6) is -0.321. The van der Waals surface area contributed by atoms with E-state index in [0.29, 0.717) is 43.7 Å². The van der Waals surface area contributed by atoms with E-state index in [-0.39, 0.29) is 13.2 Å². The first-order valence-corrected chi connectivity index (χ1v) is 8.47. The number of carbonyl (C=O) groups is 1. The highest BCUT2D eigenvalue weighted by Crippen LogP contribution is 2.35. The number of aliphatic carboxylic acids is 1. The molecule has 3 N–H and O–H groups in total. The van der Waals surface area contributed by atoms with Crippen LogP contribution in [0.15, 0.2) is 35.1 Å². The van der Waals surface area contributed by atoms with Gasteiger partial charge in [-0.25, -0.2) is 13.7 Å². The summed E-state index contributed by atoms with van der Waals surface area (Å²) < 4.78 is 19.9. The lowest BCUT2D eigenvalue weighted by atomic mass is 9.81. The molecular formula is C16H22FN3O3S. The van der Waals surface area contributed by atoms with E-state index in [1.54, 1.807) is 31.1 Å². The Bertz CT molecular complexity index is 587. The van der Waals surface area contributed by atoms with Crippen molar-refractivity contribution in [3.63, 3.8) is 0 Å². The second-order valence-corrected chi connectivity index (χ2v) is 7.15. The largest absolute Gasteiger partial charge is 0.481 e. The smallest absolute Gasteiger partial charge is 0.309 e. The highest BCUT2D eigenvalue weighted by Gasteiger charge is 2.37. The molecule has 0 aromatic carbocycles. The third-order valence-electron chi connectivity index (χ3n) is 4.11. The highest BCUT2D eigenvalue weighted by atomic mass is 32.2. The molecule has 1 aromatic rings. The van der Waals surface area contributed by atoms with Gasteiger partial charge >= 0.3 is 5.97 Å².